The van der Waals surface area contributed by atoms with Crippen LogP contribution in [0.2, 0.25) is 0 Å². The van der Waals surface area contributed by atoms with Gasteiger partial charge in [-0.25, -0.2) is 0 Å². The van der Waals surface area contributed by atoms with Gasteiger partial charge in [0.05, 0.1) is 0 Å². The minimum atomic E-state index is -4.65. The Balaban J connectivity index is 0. The van der Waals surface area contributed by atoms with Gasteiger partial charge in [0.25, 0.3) is 6.16 Å². The zero-order valence-corrected chi connectivity index (χ0v) is 10.2. The smallest absolute Gasteiger partial charge is 0.537 e. The van der Waals surface area contributed by atoms with E-state index < -0.39 is 18.4 Å². The first-order valence-corrected chi connectivity index (χ1v) is 5.32. The first kappa shape index (κ1) is 19.0. The molecule has 0 bridgehead atoms. The molecule has 0 aromatic rings. The summed E-state index contributed by atoms with van der Waals surface area (Å²) in [6.07, 6.45) is -5.59. The van der Waals surface area contributed by atoms with Crippen molar-refractivity contribution in [2.75, 3.05) is 0 Å². The van der Waals surface area contributed by atoms with Gasteiger partial charge in [-0.1, -0.05) is 39.0 Å². The Morgan fingerprint density at radius 3 is 2.18 bits per heavy atom. The molecule has 0 spiro atoms. The van der Waals surface area contributed by atoms with Gasteiger partial charge in [-0.3, -0.25) is 0 Å². The molecule has 0 aromatic carbocycles. The van der Waals surface area contributed by atoms with Crippen molar-refractivity contribution >= 4 is 6.16 Å². The van der Waals surface area contributed by atoms with Crippen LogP contribution in [0.15, 0.2) is 0 Å². The molecular weight excluding hydrogens is 232 g/mol. The minimum absolute atomic E-state index is 0. The van der Waals surface area contributed by atoms with Gasteiger partial charge in [0, 0.05) is 0 Å². The van der Waals surface area contributed by atoms with Crippen LogP contribution in [-0.4, -0.2) is 18.4 Å². The van der Waals surface area contributed by atoms with Gasteiger partial charge in [0.1, 0.15) is 6.10 Å². The summed E-state index contributed by atoms with van der Waals surface area (Å²) in [6, 6.07) is 0. The SMILES string of the molecule is CCCCCCCC(OC(=O)[O-])C(F)(F)F.[Li+]. The average Bonchev–Trinajstić information content (AvgIpc) is 2.13. The van der Waals surface area contributed by atoms with Crippen molar-refractivity contribution in [2.24, 2.45) is 0 Å². The number of carbonyl (C=O) groups is 1. The standard InChI is InChI=1S/C10H17F3O3.Li/c1-2-3-4-5-6-7-8(10(11,12)13)16-9(14)15;/h8H,2-7H2,1H3,(H,14,15);/q;+1/p-1. The zero-order chi connectivity index (χ0) is 12.6. The van der Waals surface area contributed by atoms with E-state index in [9.17, 15) is 23.1 Å². The normalized spacial score (nSPS) is 12.7. The summed E-state index contributed by atoms with van der Waals surface area (Å²) < 4.78 is 40.4. The van der Waals surface area contributed by atoms with Crippen molar-refractivity contribution in [3.63, 3.8) is 0 Å². The maximum Gasteiger partial charge on any atom is 1.00 e. The Kier molecular flexibility index (Phi) is 10.8. The molecule has 0 aliphatic rings. The van der Waals surface area contributed by atoms with E-state index in [1.807, 2.05) is 6.92 Å². The number of halogens is 3. The predicted molar refractivity (Wildman–Crippen MR) is 49.7 cm³/mol. The molecule has 0 aliphatic carbocycles. The summed E-state index contributed by atoms with van der Waals surface area (Å²) in [6.45, 7) is 2.00. The van der Waals surface area contributed by atoms with Gasteiger partial charge < -0.3 is 14.6 Å². The predicted octanol–water partition coefficient (Wildman–Crippen LogP) is -0.358. The van der Waals surface area contributed by atoms with E-state index in [4.69, 9.17) is 0 Å². The second kappa shape index (κ2) is 9.66. The molecule has 0 N–H and O–H groups in total. The second-order valence-electron chi connectivity index (χ2n) is 3.60. The maximum atomic E-state index is 12.2. The molecule has 0 aliphatic heterocycles. The van der Waals surface area contributed by atoms with Crippen LogP contribution in [0, 0.1) is 0 Å². The van der Waals surface area contributed by atoms with Gasteiger partial charge in [-0.15, -0.1) is 0 Å². The van der Waals surface area contributed by atoms with Crippen molar-refractivity contribution in [3.05, 3.63) is 0 Å². The molecule has 96 valence electrons. The summed E-state index contributed by atoms with van der Waals surface area (Å²) in [4.78, 5) is 9.96. The Hall–Kier alpha value is -0.343. The number of unbranched alkanes of at least 4 members (excludes halogenated alkanes) is 4. The van der Waals surface area contributed by atoms with Gasteiger partial charge in [0.15, 0.2) is 0 Å². The molecule has 0 aromatic heterocycles. The van der Waals surface area contributed by atoms with Crippen molar-refractivity contribution in [1.82, 2.24) is 0 Å². The van der Waals surface area contributed by atoms with Crippen molar-refractivity contribution < 1.29 is 46.7 Å². The van der Waals surface area contributed by atoms with Gasteiger partial charge in [-0.2, -0.15) is 13.2 Å². The van der Waals surface area contributed by atoms with Crippen LogP contribution < -0.4 is 24.0 Å². The van der Waals surface area contributed by atoms with Crippen LogP contribution in [-0.2, 0) is 4.74 Å². The van der Waals surface area contributed by atoms with E-state index in [2.05, 4.69) is 4.74 Å². The first-order chi connectivity index (χ1) is 7.38. The Labute approximate surface area is 111 Å². The summed E-state index contributed by atoms with van der Waals surface area (Å²) in [5, 5.41) is 9.96. The summed E-state index contributed by atoms with van der Waals surface area (Å²) in [5.41, 5.74) is 0. The summed E-state index contributed by atoms with van der Waals surface area (Å²) >= 11 is 0. The Bertz CT molecular complexity index is 209. The number of hydrogen-bond donors (Lipinski definition) is 0. The monoisotopic (exact) mass is 248 g/mol. The third-order valence-corrected chi connectivity index (χ3v) is 2.17. The van der Waals surface area contributed by atoms with Crippen LogP contribution in [0.5, 0.6) is 0 Å². The molecule has 0 fully saturated rings. The number of alkyl halides is 3. The third-order valence-electron chi connectivity index (χ3n) is 2.17. The number of carbonyl (C=O) groups excluding carboxylic acids is 1. The fourth-order valence-electron chi connectivity index (χ4n) is 1.34. The molecule has 0 amide bonds. The minimum Gasteiger partial charge on any atom is -0.537 e. The van der Waals surface area contributed by atoms with Crippen molar-refractivity contribution in [2.45, 2.75) is 57.7 Å². The largest absolute Gasteiger partial charge is 1.00 e. The van der Waals surface area contributed by atoms with E-state index in [1.54, 1.807) is 0 Å². The molecule has 0 saturated heterocycles. The number of hydrogen-bond acceptors (Lipinski definition) is 3. The van der Waals surface area contributed by atoms with Gasteiger partial charge >= 0.3 is 25.0 Å². The van der Waals surface area contributed by atoms with Crippen molar-refractivity contribution in [3.8, 4) is 0 Å². The number of carboxylic acid groups (broad SMARTS) is 1. The van der Waals surface area contributed by atoms with E-state index in [1.165, 1.54) is 0 Å². The molecule has 3 nitrogen and oxygen atoms in total. The topological polar surface area (TPSA) is 49.4 Å². The molecule has 1 atom stereocenters. The maximum absolute atomic E-state index is 12.2. The van der Waals surface area contributed by atoms with Crippen LogP contribution in [0.3, 0.4) is 0 Å². The van der Waals surface area contributed by atoms with Crippen molar-refractivity contribution in [1.29, 1.82) is 0 Å². The van der Waals surface area contributed by atoms with Gasteiger partial charge in [-0.05, 0) is 6.42 Å². The molecule has 0 radical (unpaired) electrons. The van der Waals surface area contributed by atoms with Crippen LogP contribution in [0.25, 0.3) is 0 Å². The number of rotatable bonds is 7. The van der Waals surface area contributed by atoms with E-state index in [0.29, 0.717) is 12.8 Å². The molecule has 0 rings (SSSR count). The molecule has 7 heteroatoms. The second-order valence-corrected chi connectivity index (χ2v) is 3.60. The molecular formula is C10H16F3LiO3. The Morgan fingerprint density at radius 1 is 1.24 bits per heavy atom. The molecule has 17 heavy (non-hydrogen) atoms. The zero-order valence-electron chi connectivity index (χ0n) is 10.2. The fraction of sp³-hybridized carbons (Fsp3) is 0.900. The molecule has 0 heterocycles. The first-order valence-electron chi connectivity index (χ1n) is 5.32. The molecule has 0 saturated carbocycles. The Morgan fingerprint density at radius 2 is 1.76 bits per heavy atom. The third kappa shape index (κ3) is 10.5. The summed E-state index contributed by atoms with van der Waals surface area (Å²) in [5.74, 6) is 0. The molecule has 1 unspecified atom stereocenters. The van der Waals surface area contributed by atoms with Gasteiger partial charge in [0.2, 0.25) is 0 Å². The van der Waals surface area contributed by atoms with E-state index in [0.717, 1.165) is 19.3 Å². The van der Waals surface area contributed by atoms with E-state index >= 15 is 0 Å². The van der Waals surface area contributed by atoms with E-state index in [-0.39, 0.29) is 25.3 Å². The quantitative estimate of drug-likeness (QED) is 0.351. The van der Waals surface area contributed by atoms with Crippen LogP contribution in [0.4, 0.5) is 18.0 Å². The fourth-order valence-corrected chi connectivity index (χ4v) is 1.34. The van der Waals surface area contributed by atoms with Crippen LogP contribution in [0.1, 0.15) is 45.4 Å². The summed E-state index contributed by atoms with van der Waals surface area (Å²) in [7, 11) is 0. The number of ether oxygens (including phenoxy) is 1. The van der Waals surface area contributed by atoms with Crippen LogP contribution >= 0.6 is 0 Å². The average molecular weight is 248 g/mol.